The Labute approximate surface area is 162 Å². The first-order chi connectivity index (χ1) is 12.8. The van der Waals surface area contributed by atoms with Crippen molar-refractivity contribution in [2.75, 3.05) is 12.4 Å². The minimum atomic E-state index is -3.48. The molecule has 1 aliphatic rings. The maximum absolute atomic E-state index is 12.7. The molecule has 0 saturated heterocycles. The summed E-state index contributed by atoms with van der Waals surface area (Å²) in [4.78, 5) is 26.1. The molecule has 0 spiro atoms. The molecule has 0 radical (unpaired) electrons. The molecule has 1 heterocycles. The first kappa shape index (κ1) is 19.6. The van der Waals surface area contributed by atoms with E-state index in [4.69, 9.17) is 4.74 Å². The Morgan fingerprint density at radius 1 is 1.22 bits per heavy atom. The molecule has 0 atom stereocenters. The lowest BCUT2D eigenvalue weighted by Gasteiger charge is -2.10. The summed E-state index contributed by atoms with van der Waals surface area (Å²) >= 11 is 1.38. The van der Waals surface area contributed by atoms with Gasteiger partial charge in [0.2, 0.25) is 0 Å². The van der Waals surface area contributed by atoms with Gasteiger partial charge in [0.25, 0.3) is 5.91 Å². The van der Waals surface area contributed by atoms with Crippen molar-refractivity contribution in [1.29, 1.82) is 0 Å². The van der Waals surface area contributed by atoms with Crippen LogP contribution in [0.4, 0.5) is 5.00 Å². The van der Waals surface area contributed by atoms with Gasteiger partial charge in [-0.1, -0.05) is 6.07 Å². The Hall–Kier alpha value is -2.19. The summed E-state index contributed by atoms with van der Waals surface area (Å²) in [6.45, 7) is 3.19. The summed E-state index contributed by atoms with van der Waals surface area (Å²) in [6.07, 6.45) is 2.64. The summed E-state index contributed by atoms with van der Waals surface area (Å²) in [5.41, 5.74) is 1.58. The number of rotatable bonds is 5. The third-order valence-electron chi connectivity index (χ3n) is 4.58. The van der Waals surface area contributed by atoms with Gasteiger partial charge in [-0.25, -0.2) is 13.2 Å². The quantitative estimate of drug-likeness (QED) is 0.767. The number of anilines is 1. The van der Waals surface area contributed by atoms with Crippen molar-refractivity contribution in [2.45, 2.75) is 43.3 Å². The summed E-state index contributed by atoms with van der Waals surface area (Å²) < 4.78 is 29.6. The van der Waals surface area contributed by atoms with E-state index in [1.165, 1.54) is 30.6 Å². The monoisotopic (exact) mass is 407 g/mol. The van der Waals surface area contributed by atoms with Crippen LogP contribution in [0.25, 0.3) is 0 Å². The minimum absolute atomic E-state index is 0.104. The molecule has 0 saturated carbocycles. The van der Waals surface area contributed by atoms with Gasteiger partial charge in [-0.05, 0) is 56.9 Å². The fourth-order valence-corrected chi connectivity index (χ4v) is 5.45. The van der Waals surface area contributed by atoms with Crippen LogP contribution in [0.1, 0.15) is 51.4 Å². The molecular weight excluding hydrogens is 386 g/mol. The number of nitrogens with one attached hydrogen (secondary N) is 1. The highest BCUT2D eigenvalue weighted by molar-refractivity contribution is 7.92. The van der Waals surface area contributed by atoms with E-state index >= 15 is 0 Å². The van der Waals surface area contributed by atoms with Gasteiger partial charge < -0.3 is 10.1 Å². The highest BCUT2D eigenvalue weighted by atomic mass is 32.2. The molecule has 27 heavy (non-hydrogen) atoms. The largest absolute Gasteiger partial charge is 0.465 e. The number of amides is 1. The summed E-state index contributed by atoms with van der Waals surface area (Å²) in [7, 11) is -2.17. The Balaban J connectivity index is 1.93. The van der Waals surface area contributed by atoms with Crippen molar-refractivity contribution in [3.8, 4) is 0 Å². The van der Waals surface area contributed by atoms with Gasteiger partial charge in [-0.15, -0.1) is 11.3 Å². The molecule has 1 amide bonds. The number of ether oxygens (including phenoxy) is 1. The summed E-state index contributed by atoms with van der Waals surface area (Å²) in [5, 5.41) is 2.63. The van der Waals surface area contributed by atoms with Crippen LogP contribution in [0.3, 0.4) is 0 Å². The van der Waals surface area contributed by atoms with E-state index < -0.39 is 27.0 Å². The van der Waals surface area contributed by atoms with Crippen LogP contribution in [0.15, 0.2) is 29.2 Å². The average Bonchev–Trinajstić information content (AvgIpc) is 3.21. The third-order valence-corrected chi connectivity index (χ3v) is 7.94. The number of methoxy groups -OCH3 is 1. The molecule has 0 bridgehead atoms. The lowest BCUT2D eigenvalue weighted by atomic mass is 10.1. The molecule has 6 nitrogen and oxygen atoms in total. The van der Waals surface area contributed by atoms with Gasteiger partial charge in [-0.2, -0.15) is 0 Å². The molecule has 0 unspecified atom stereocenters. The van der Waals surface area contributed by atoms with Gasteiger partial charge in [0.05, 0.1) is 22.8 Å². The number of benzene rings is 1. The first-order valence-electron chi connectivity index (χ1n) is 8.64. The fourth-order valence-electron chi connectivity index (χ4n) is 3.07. The maximum Gasteiger partial charge on any atom is 0.341 e. The number of aryl methyl sites for hydroxylation is 1. The normalized spacial score (nSPS) is 13.5. The van der Waals surface area contributed by atoms with Crippen LogP contribution in [-0.4, -0.2) is 32.7 Å². The molecule has 1 aromatic carbocycles. The van der Waals surface area contributed by atoms with Crippen molar-refractivity contribution >= 4 is 38.1 Å². The molecule has 2 aromatic rings. The van der Waals surface area contributed by atoms with Crippen LogP contribution in [0.5, 0.6) is 0 Å². The van der Waals surface area contributed by atoms with Crippen LogP contribution < -0.4 is 5.32 Å². The fraction of sp³-hybridized carbons (Fsp3) is 0.368. The predicted octanol–water partition coefficient (Wildman–Crippen LogP) is 3.46. The minimum Gasteiger partial charge on any atom is -0.465 e. The maximum atomic E-state index is 12.7. The molecule has 1 aromatic heterocycles. The molecular formula is C19H21NO5S2. The van der Waals surface area contributed by atoms with Crippen molar-refractivity contribution in [2.24, 2.45) is 0 Å². The average molecular weight is 408 g/mol. The topological polar surface area (TPSA) is 89.5 Å². The Bertz CT molecular complexity index is 1010. The van der Waals surface area contributed by atoms with Crippen molar-refractivity contribution < 1.29 is 22.7 Å². The molecule has 8 heteroatoms. The first-order valence-corrected chi connectivity index (χ1v) is 11.0. The van der Waals surface area contributed by atoms with Crippen LogP contribution >= 0.6 is 11.3 Å². The second kappa shape index (κ2) is 7.44. The van der Waals surface area contributed by atoms with Crippen molar-refractivity contribution in [3.05, 3.63) is 45.8 Å². The molecule has 0 aliphatic heterocycles. The highest BCUT2D eigenvalue weighted by Gasteiger charge is 2.28. The number of carbonyl (C=O) groups excluding carboxylic acids is 2. The molecule has 0 fully saturated rings. The zero-order valence-corrected chi connectivity index (χ0v) is 17.0. The standard InChI is InChI=1S/C19H21NO5S2/c1-11(2)27(23,24)13-7-4-6-12(10-13)17(21)20-18-16(19(22)25-3)14-8-5-9-15(14)26-18/h4,6-7,10-11H,5,8-9H2,1-3H3,(H,20,21). The Morgan fingerprint density at radius 2 is 1.96 bits per heavy atom. The van der Waals surface area contributed by atoms with E-state index in [9.17, 15) is 18.0 Å². The molecule has 144 valence electrons. The van der Waals surface area contributed by atoms with Crippen LogP contribution in [0.2, 0.25) is 0 Å². The molecule has 1 aliphatic carbocycles. The molecule has 1 N–H and O–H groups in total. The number of thiophene rings is 1. The smallest absolute Gasteiger partial charge is 0.341 e. The zero-order valence-electron chi connectivity index (χ0n) is 15.4. The lowest BCUT2D eigenvalue weighted by molar-refractivity contribution is 0.0601. The van der Waals surface area contributed by atoms with Gasteiger partial charge in [0, 0.05) is 10.4 Å². The highest BCUT2D eigenvalue weighted by Crippen LogP contribution is 2.39. The number of carbonyl (C=O) groups is 2. The third kappa shape index (κ3) is 3.64. The number of hydrogen-bond donors (Lipinski definition) is 1. The Kier molecular flexibility index (Phi) is 5.39. The lowest BCUT2D eigenvalue weighted by Crippen LogP contribution is -2.17. The second-order valence-electron chi connectivity index (χ2n) is 6.63. The summed E-state index contributed by atoms with van der Waals surface area (Å²) in [5.74, 6) is -0.929. The van der Waals surface area contributed by atoms with E-state index in [-0.39, 0.29) is 10.5 Å². The zero-order chi connectivity index (χ0) is 19.8. The van der Waals surface area contributed by atoms with Gasteiger partial charge >= 0.3 is 5.97 Å². The SMILES string of the molecule is COC(=O)c1c(NC(=O)c2cccc(S(=O)(=O)C(C)C)c2)sc2c1CCC2. The van der Waals surface area contributed by atoms with E-state index in [1.807, 2.05) is 0 Å². The van der Waals surface area contributed by atoms with Gasteiger partial charge in [-0.3, -0.25) is 4.79 Å². The number of esters is 1. The van der Waals surface area contributed by atoms with Crippen molar-refractivity contribution in [1.82, 2.24) is 0 Å². The van der Waals surface area contributed by atoms with Crippen LogP contribution in [0, 0.1) is 0 Å². The second-order valence-corrected chi connectivity index (χ2v) is 10.2. The Morgan fingerprint density at radius 3 is 2.63 bits per heavy atom. The summed E-state index contributed by atoms with van der Waals surface area (Å²) in [6, 6.07) is 5.93. The van der Waals surface area contributed by atoms with Crippen molar-refractivity contribution in [3.63, 3.8) is 0 Å². The predicted molar refractivity (Wildman–Crippen MR) is 104 cm³/mol. The number of hydrogen-bond acceptors (Lipinski definition) is 6. The van der Waals surface area contributed by atoms with E-state index in [0.29, 0.717) is 10.6 Å². The van der Waals surface area contributed by atoms with E-state index in [1.54, 1.807) is 26.0 Å². The van der Waals surface area contributed by atoms with Gasteiger partial charge in [0.1, 0.15) is 5.00 Å². The number of sulfone groups is 1. The van der Waals surface area contributed by atoms with Crippen LogP contribution in [-0.2, 0) is 27.4 Å². The molecule has 3 rings (SSSR count). The van der Waals surface area contributed by atoms with Gasteiger partial charge in [0.15, 0.2) is 9.84 Å². The van der Waals surface area contributed by atoms with E-state index in [2.05, 4.69) is 5.32 Å². The van der Waals surface area contributed by atoms with E-state index in [0.717, 1.165) is 29.7 Å². The number of fused-ring (bicyclic) bond motifs is 1.